The van der Waals surface area contributed by atoms with Crippen molar-refractivity contribution in [3.8, 4) is 11.5 Å². The van der Waals surface area contributed by atoms with Crippen LogP contribution in [0.25, 0.3) is 0 Å². The molecule has 8 heteroatoms. The van der Waals surface area contributed by atoms with Gasteiger partial charge in [0.1, 0.15) is 0 Å². The van der Waals surface area contributed by atoms with Crippen LogP contribution in [0.3, 0.4) is 0 Å². The third-order valence-electron chi connectivity index (χ3n) is 2.35. The van der Waals surface area contributed by atoms with Gasteiger partial charge in [-0.15, -0.1) is 0 Å². The first-order valence-corrected chi connectivity index (χ1v) is 8.08. The first-order chi connectivity index (χ1) is 9.87. The molecule has 21 heavy (non-hydrogen) atoms. The minimum atomic E-state index is -4.24. The molecule has 1 aromatic carbocycles. The zero-order chi connectivity index (χ0) is 15.9. The van der Waals surface area contributed by atoms with Crippen LogP contribution >= 0.6 is 27.7 Å². The highest BCUT2D eigenvalue weighted by Crippen LogP contribution is 2.37. The van der Waals surface area contributed by atoms with Crippen molar-refractivity contribution in [1.82, 2.24) is 5.32 Å². The van der Waals surface area contributed by atoms with Gasteiger partial charge in [0.15, 0.2) is 11.5 Å². The van der Waals surface area contributed by atoms with Gasteiger partial charge in [0, 0.05) is 12.3 Å². The van der Waals surface area contributed by atoms with Crippen molar-refractivity contribution in [2.75, 3.05) is 26.0 Å². The Morgan fingerprint density at radius 1 is 1.29 bits per heavy atom. The molecule has 0 heterocycles. The van der Waals surface area contributed by atoms with Crippen molar-refractivity contribution in [2.45, 2.75) is 19.0 Å². The second-order valence-corrected chi connectivity index (χ2v) is 6.03. The predicted octanol–water partition coefficient (Wildman–Crippen LogP) is 4.20. The van der Waals surface area contributed by atoms with Gasteiger partial charge in [-0.1, -0.05) is 0 Å². The molecule has 0 amide bonds. The van der Waals surface area contributed by atoms with E-state index in [-0.39, 0.29) is 24.1 Å². The molecule has 0 aromatic heterocycles. The van der Waals surface area contributed by atoms with Gasteiger partial charge < -0.3 is 14.8 Å². The lowest BCUT2D eigenvalue weighted by atomic mass is 10.2. The molecule has 0 saturated heterocycles. The number of rotatable bonds is 8. The van der Waals surface area contributed by atoms with Crippen molar-refractivity contribution in [3.63, 3.8) is 0 Å². The van der Waals surface area contributed by atoms with Crippen molar-refractivity contribution in [2.24, 2.45) is 0 Å². The molecule has 1 rings (SSSR count). The number of benzene rings is 1. The number of alkyl halides is 3. The SMILES string of the molecule is CCOc1cc(CNC)cc(Br)c1OCCSC(F)(F)F. The number of nitrogens with one attached hydrogen (secondary N) is 1. The second kappa shape index (κ2) is 8.75. The average Bonchev–Trinajstić information content (AvgIpc) is 2.36. The summed E-state index contributed by atoms with van der Waals surface area (Å²) in [5.41, 5.74) is -3.25. The van der Waals surface area contributed by atoms with E-state index in [2.05, 4.69) is 21.2 Å². The first kappa shape index (κ1) is 18.4. The summed E-state index contributed by atoms with van der Waals surface area (Å²) >= 11 is 3.27. The molecular weight excluding hydrogens is 371 g/mol. The fraction of sp³-hybridized carbons (Fsp3) is 0.538. The van der Waals surface area contributed by atoms with Gasteiger partial charge in [0.25, 0.3) is 0 Å². The van der Waals surface area contributed by atoms with Crippen LogP contribution in [-0.2, 0) is 6.54 Å². The first-order valence-electron chi connectivity index (χ1n) is 6.30. The number of thioether (sulfide) groups is 1. The third kappa shape index (κ3) is 6.80. The smallest absolute Gasteiger partial charge is 0.441 e. The number of hydrogen-bond acceptors (Lipinski definition) is 4. The second-order valence-electron chi connectivity index (χ2n) is 4.01. The summed E-state index contributed by atoms with van der Waals surface area (Å²) in [5.74, 6) is 0.786. The maximum atomic E-state index is 12.1. The van der Waals surface area contributed by atoms with E-state index >= 15 is 0 Å². The van der Waals surface area contributed by atoms with E-state index in [0.29, 0.717) is 29.1 Å². The van der Waals surface area contributed by atoms with E-state index in [1.54, 1.807) is 0 Å². The number of halogens is 4. The predicted molar refractivity (Wildman–Crippen MR) is 82.1 cm³/mol. The largest absolute Gasteiger partial charge is 0.490 e. The maximum Gasteiger partial charge on any atom is 0.441 e. The van der Waals surface area contributed by atoms with Gasteiger partial charge in [-0.25, -0.2) is 0 Å². The van der Waals surface area contributed by atoms with E-state index in [1.807, 2.05) is 26.1 Å². The van der Waals surface area contributed by atoms with Gasteiger partial charge in [-0.05, 0) is 59.4 Å². The molecule has 3 nitrogen and oxygen atoms in total. The topological polar surface area (TPSA) is 30.5 Å². The summed E-state index contributed by atoms with van der Waals surface area (Å²) in [6.45, 7) is 2.89. The lowest BCUT2D eigenvalue weighted by Gasteiger charge is -2.15. The highest BCUT2D eigenvalue weighted by molar-refractivity contribution is 9.10. The van der Waals surface area contributed by atoms with E-state index in [1.165, 1.54) is 0 Å². The molecule has 0 aliphatic carbocycles. The Bertz CT molecular complexity index is 458. The third-order valence-corrected chi connectivity index (χ3v) is 3.63. The van der Waals surface area contributed by atoms with Gasteiger partial charge in [0.2, 0.25) is 0 Å². The molecule has 0 radical (unpaired) electrons. The summed E-state index contributed by atoms with van der Waals surface area (Å²) in [5, 5.41) is 3.02. The zero-order valence-electron chi connectivity index (χ0n) is 11.7. The number of ether oxygens (including phenoxy) is 2. The zero-order valence-corrected chi connectivity index (χ0v) is 14.1. The number of hydrogen-bond donors (Lipinski definition) is 1. The Labute approximate surface area is 134 Å². The Morgan fingerprint density at radius 3 is 2.57 bits per heavy atom. The van der Waals surface area contributed by atoms with Crippen molar-refractivity contribution >= 4 is 27.7 Å². The molecule has 0 aliphatic heterocycles. The average molecular weight is 388 g/mol. The summed E-state index contributed by atoms with van der Waals surface area (Å²) in [4.78, 5) is 0. The van der Waals surface area contributed by atoms with Crippen LogP contribution in [0.4, 0.5) is 13.2 Å². The normalized spacial score (nSPS) is 11.5. The van der Waals surface area contributed by atoms with Crippen LogP contribution < -0.4 is 14.8 Å². The van der Waals surface area contributed by atoms with E-state index in [0.717, 1.165) is 5.56 Å². The molecule has 120 valence electrons. The Morgan fingerprint density at radius 2 is 2.00 bits per heavy atom. The molecule has 0 atom stereocenters. The van der Waals surface area contributed by atoms with Crippen LogP contribution in [0, 0.1) is 0 Å². The summed E-state index contributed by atoms with van der Waals surface area (Å²) in [6.07, 6.45) is 0. The van der Waals surface area contributed by atoms with E-state index < -0.39 is 5.51 Å². The van der Waals surface area contributed by atoms with Gasteiger partial charge in [-0.2, -0.15) is 13.2 Å². The Kier molecular flexibility index (Phi) is 7.69. The molecule has 0 unspecified atom stereocenters. The van der Waals surface area contributed by atoms with Gasteiger partial charge in [0.05, 0.1) is 17.7 Å². The molecule has 0 saturated carbocycles. The summed E-state index contributed by atoms with van der Waals surface area (Å²) in [6, 6.07) is 3.67. The van der Waals surface area contributed by atoms with Gasteiger partial charge >= 0.3 is 5.51 Å². The fourth-order valence-corrected chi connectivity index (χ4v) is 2.63. The lowest BCUT2D eigenvalue weighted by Crippen LogP contribution is -2.10. The highest BCUT2D eigenvalue weighted by atomic mass is 79.9. The van der Waals surface area contributed by atoms with Gasteiger partial charge in [-0.3, -0.25) is 0 Å². The summed E-state index contributed by atoms with van der Waals surface area (Å²) in [7, 11) is 1.83. The quantitative estimate of drug-likeness (QED) is 0.677. The summed E-state index contributed by atoms with van der Waals surface area (Å²) < 4.78 is 47.8. The molecule has 1 N–H and O–H groups in total. The molecule has 1 aromatic rings. The monoisotopic (exact) mass is 387 g/mol. The molecule has 0 fully saturated rings. The Hall–Kier alpha value is -0.600. The highest BCUT2D eigenvalue weighted by Gasteiger charge is 2.27. The molecule has 0 spiro atoms. The van der Waals surface area contributed by atoms with Crippen LogP contribution in [-0.4, -0.2) is 31.5 Å². The minimum Gasteiger partial charge on any atom is -0.490 e. The van der Waals surface area contributed by atoms with Crippen LogP contribution in [0.2, 0.25) is 0 Å². The van der Waals surface area contributed by atoms with Crippen LogP contribution in [0.1, 0.15) is 12.5 Å². The van der Waals surface area contributed by atoms with Crippen molar-refractivity contribution < 1.29 is 22.6 Å². The van der Waals surface area contributed by atoms with Crippen LogP contribution in [0.5, 0.6) is 11.5 Å². The molecule has 0 bridgehead atoms. The Balaban J connectivity index is 2.75. The van der Waals surface area contributed by atoms with E-state index in [9.17, 15) is 13.2 Å². The standard InChI is InChI=1S/C13H17BrF3NO2S/c1-3-19-11-7-9(8-18-2)6-10(14)12(11)20-4-5-21-13(15,16)17/h6-7,18H,3-5,8H2,1-2H3. The fourth-order valence-electron chi connectivity index (χ4n) is 1.63. The van der Waals surface area contributed by atoms with Crippen LogP contribution in [0.15, 0.2) is 16.6 Å². The van der Waals surface area contributed by atoms with Crippen molar-refractivity contribution in [1.29, 1.82) is 0 Å². The molecular formula is C13H17BrF3NO2S. The lowest BCUT2D eigenvalue weighted by molar-refractivity contribution is -0.0329. The maximum absolute atomic E-state index is 12.1. The molecule has 0 aliphatic rings. The van der Waals surface area contributed by atoms with E-state index in [4.69, 9.17) is 9.47 Å². The minimum absolute atomic E-state index is 0.0474. The van der Waals surface area contributed by atoms with Crippen molar-refractivity contribution in [3.05, 3.63) is 22.2 Å².